The van der Waals surface area contributed by atoms with E-state index in [0.717, 1.165) is 0 Å². The summed E-state index contributed by atoms with van der Waals surface area (Å²) in [5.74, 6) is -1.41. The molecule has 2 rings (SSSR count). The first-order chi connectivity index (χ1) is 10.0. The average molecular weight is 291 g/mol. The molecule has 7 heteroatoms. The molecule has 1 aromatic heterocycles. The fourth-order valence-corrected chi connectivity index (χ4v) is 1.68. The summed E-state index contributed by atoms with van der Waals surface area (Å²) in [6.45, 7) is 2.12. The first-order valence-corrected chi connectivity index (χ1v) is 6.20. The topological polar surface area (TPSA) is 97.5 Å². The molecule has 0 radical (unpaired) electrons. The highest BCUT2D eigenvalue weighted by atomic mass is 19.1. The van der Waals surface area contributed by atoms with Gasteiger partial charge in [0.05, 0.1) is 12.3 Å². The predicted octanol–water partition coefficient (Wildman–Crippen LogP) is 2.64. The fourth-order valence-electron chi connectivity index (χ4n) is 1.68. The van der Waals surface area contributed by atoms with Crippen LogP contribution >= 0.6 is 0 Å². The maximum atomic E-state index is 13.7. The summed E-state index contributed by atoms with van der Waals surface area (Å²) in [5.41, 5.74) is 6.21. The van der Waals surface area contributed by atoms with Gasteiger partial charge in [0.25, 0.3) is 0 Å². The fraction of sp³-hybridized carbons (Fsp3) is 0.143. The van der Waals surface area contributed by atoms with Crippen LogP contribution in [0.1, 0.15) is 17.4 Å². The molecule has 6 nitrogen and oxygen atoms in total. The van der Waals surface area contributed by atoms with Crippen molar-refractivity contribution >= 4 is 23.2 Å². The lowest BCUT2D eigenvalue weighted by molar-refractivity contribution is 0.0690. The van der Waals surface area contributed by atoms with Gasteiger partial charge in [-0.15, -0.1) is 0 Å². The van der Waals surface area contributed by atoms with E-state index in [1.54, 1.807) is 13.0 Å². The normalized spacial score (nSPS) is 10.2. The van der Waals surface area contributed by atoms with E-state index in [4.69, 9.17) is 15.6 Å². The third-order valence-corrected chi connectivity index (χ3v) is 2.64. The van der Waals surface area contributed by atoms with E-state index in [2.05, 4.69) is 10.3 Å². The number of aromatic nitrogens is 1. The van der Waals surface area contributed by atoms with Gasteiger partial charge in [-0.25, -0.2) is 14.2 Å². The second-order valence-corrected chi connectivity index (χ2v) is 4.14. The molecule has 0 saturated carbocycles. The van der Waals surface area contributed by atoms with Gasteiger partial charge in [-0.05, 0) is 31.2 Å². The van der Waals surface area contributed by atoms with E-state index in [-0.39, 0.29) is 22.9 Å². The zero-order chi connectivity index (χ0) is 15.4. The molecular weight excluding hydrogens is 277 g/mol. The van der Waals surface area contributed by atoms with E-state index in [1.165, 1.54) is 24.3 Å². The van der Waals surface area contributed by atoms with Crippen LogP contribution in [-0.2, 0) is 0 Å². The molecule has 1 heterocycles. The quantitative estimate of drug-likeness (QED) is 0.783. The van der Waals surface area contributed by atoms with Crippen LogP contribution in [0.25, 0.3) is 0 Å². The lowest BCUT2D eigenvalue weighted by Crippen LogP contribution is -2.06. The number of aromatic carboxylic acids is 1. The molecule has 4 N–H and O–H groups in total. The standard InChI is InChI=1S/C14H14FN3O3/c1-2-21-12-6-3-8(7-9(12)15)17-13-10(16)4-5-11(18-13)14(19)20/h3-7H,2,16H2,1H3,(H,17,18)(H,19,20). The van der Waals surface area contributed by atoms with E-state index < -0.39 is 11.8 Å². The van der Waals surface area contributed by atoms with Crippen molar-refractivity contribution in [3.8, 4) is 5.75 Å². The number of hydrogen-bond donors (Lipinski definition) is 3. The number of hydrogen-bond acceptors (Lipinski definition) is 5. The van der Waals surface area contributed by atoms with Crippen molar-refractivity contribution < 1.29 is 19.0 Å². The number of nitrogens with one attached hydrogen (secondary N) is 1. The monoisotopic (exact) mass is 291 g/mol. The number of carboxylic acid groups (broad SMARTS) is 1. The Morgan fingerprint density at radius 2 is 2.19 bits per heavy atom. The number of anilines is 3. The predicted molar refractivity (Wildman–Crippen MR) is 76.5 cm³/mol. The first-order valence-electron chi connectivity index (χ1n) is 6.20. The van der Waals surface area contributed by atoms with Crippen molar-refractivity contribution in [3.05, 3.63) is 41.8 Å². The molecule has 2 aromatic rings. The van der Waals surface area contributed by atoms with Crippen LogP contribution in [0.4, 0.5) is 21.6 Å². The van der Waals surface area contributed by atoms with Crippen LogP contribution in [-0.4, -0.2) is 22.7 Å². The summed E-state index contributed by atoms with van der Waals surface area (Å²) in [4.78, 5) is 14.7. The second kappa shape index (κ2) is 6.08. The Kier molecular flexibility index (Phi) is 4.22. The molecule has 0 aliphatic carbocycles. The van der Waals surface area contributed by atoms with Gasteiger partial charge in [-0.2, -0.15) is 0 Å². The highest BCUT2D eigenvalue weighted by Gasteiger charge is 2.10. The van der Waals surface area contributed by atoms with Crippen LogP contribution in [0, 0.1) is 5.82 Å². The maximum Gasteiger partial charge on any atom is 0.354 e. The Bertz CT molecular complexity index is 677. The van der Waals surface area contributed by atoms with Gasteiger partial charge in [0.2, 0.25) is 0 Å². The SMILES string of the molecule is CCOc1ccc(Nc2nc(C(=O)O)ccc2N)cc1F. The van der Waals surface area contributed by atoms with Gasteiger partial charge >= 0.3 is 5.97 Å². The highest BCUT2D eigenvalue weighted by molar-refractivity contribution is 5.87. The third-order valence-electron chi connectivity index (χ3n) is 2.64. The maximum absolute atomic E-state index is 13.7. The summed E-state index contributed by atoms with van der Waals surface area (Å²) in [6.07, 6.45) is 0. The molecule has 0 atom stereocenters. The molecule has 0 aliphatic rings. The summed E-state index contributed by atoms with van der Waals surface area (Å²) < 4.78 is 18.8. The molecule has 0 bridgehead atoms. The minimum absolute atomic E-state index is 0.142. The molecule has 0 unspecified atom stereocenters. The molecule has 1 aromatic carbocycles. The van der Waals surface area contributed by atoms with Crippen molar-refractivity contribution in [2.24, 2.45) is 0 Å². The van der Waals surface area contributed by atoms with Gasteiger partial charge in [-0.3, -0.25) is 0 Å². The Morgan fingerprint density at radius 1 is 1.43 bits per heavy atom. The number of nitrogen functional groups attached to an aromatic ring is 1. The second-order valence-electron chi connectivity index (χ2n) is 4.14. The number of pyridine rings is 1. The van der Waals surface area contributed by atoms with E-state index in [1.807, 2.05) is 0 Å². The smallest absolute Gasteiger partial charge is 0.354 e. The lowest BCUT2D eigenvalue weighted by atomic mass is 10.2. The number of benzene rings is 1. The van der Waals surface area contributed by atoms with Crippen LogP contribution in [0.5, 0.6) is 5.75 Å². The number of carbonyl (C=O) groups is 1. The van der Waals surface area contributed by atoms with Crippen LogP contribution in [0.2, 0.25) is 0 Å². The van der Waals surface area contributed by atoms with Crippen LogP contribution in [0.15, 0.2) is 30.3 Å². The summed E-state index contributed by atoms with van der Waals surface area (Å²) in [5, 5.41) is 11.7. The highest BCUT2D eigenvalue weighted by Crippen LogP contribution is 2.25. The van der Waals surface area contributed by atoms with Crippen LogP contribution in [0.3, 0.4) is 0 Å². The van der Waals surface area contributed by atoms with Gasteiger partial charge < -0.3 is 20.9 Å². The Labute approximate surface area is 120 Å². The van der Waals surface area contributed by atoms with Crippen LogP contribution < -0.4 is 15.8 Å². The molecule has 0 amide bonds. The Morgan fingerprint density at radius 3 is 2.81 bits per heavy atom. The number of carboxylic acids is 1. The summed E-state index contributed by atoms with van der Waals surface area (Å²) in [7, 11) is 0. The van der Waals surface area contributed by atoms with Crippen molar-refractivity contribution in [2.45, 2.75) is 6.92 Å². The van der Waals surface area contributed by atoms with E-state index >= 15 is 0 Å². The zero-order valence-electron chi connectivity index (χ0n) is 11.3. The average Bonchev–Trinajstić information content (AvgIpc) is 2.44. The number of ether oxygens (including phenoxy) is 1. The number of rotatable bonds is 5. The largest absolute Gasteiger partial charge is 0.491 e. The molecule has 110 valence electrons. The summed E-state index contributed by atoms with van der Waals surface area (Å²) in [6, 6.07) is 6.99. The van der Waals surface area contributed by atoms with E-state index in [0.29, 0.717) is 12.3 Å². The minimum Gasteiger partial charge on any atom is -0.491 e. The van der Waals surface area contributed by atoms with Crippen molar-refractivity contribution in [3.63, 3.8) is 0 Å². The number of nitrogens with two attached hydrogens (primary N) is 1. The first kappa shape index (κ1) is 14.6. The van der Waals surface area contributed by atoms with Gasteiger partial charge in [0, 0.05) is 11.8 Å². The Balaban J connectivity index is 2.27. The Hall–Kier alpha value is -2.83. The zero-order valence-corrected chi connectivity index (χ0v) is 11.3. The molecule has 0 fully saturated rings. The van der Waals surface area contributed by atoms with Crippen molar-refractivity contribution in [1.82, 2.24) is 4.98 Å². The molecular formula is C14H14FN3O3. The van der Waals surface area contributed by atoms with Gasteiger partial charge in [-0.1, -0.05) is 0 Å². The summed E-state index contributed by atoms with van der Waals surface area (Å²) >= 11 is 0. The lowest BCUT2D eigenvalue weighted by Gasteiger charge is -2.10. The minimum atomic E-state index is -1.17. The van der Waals surface area contributed by atoms with Gasteiger partial charge in [0.1, 0.15) is 0 Å². The van der Waals surface area contributed by atoms with Gasteiger partial charge in [0.15, 0.2) is 23.1 Å². The molecule has 0 saturated heterocycles. The molecule has 21 heavy (non-hydrogen) atoms. The number of halogens is 1. The van der Waals surface area contributed by atoms with Crippen molar-refractivity contribution in [1.29, 1.82) is 0 Å². The third kappa shape index (κ3) is 3.38. The number of nitrogens with zero attached hydrogens (tertiary/aromatic N) is 1. The molecule has 0 spiro atoms. The van der Waals surface area contributed by atoms with Crippen molar-refractivity contribution in [2.75, 3.05) is 17.7 Å². The van der Waals surface area contributed by atoms with E-state index in [9.17, 15) is 9.18 Å². The molecule has 0 aliphatic heterocycles.